The first-order valence-electron chi connectivity index (χ1n) is 1.70. The lowest BCUT2D eigenvalue weighted by Gasteiger charge is -1.91. The van der Waals surface area contributed by atoms with Gasteiger partial charge in [-0.15, -0.1) is 11.6 Å². The molecule has 0 radical (unpaired) electrons. The highest BCUT2D eigenvalue weighted by Gasteiger charge is 1.90. The third kappa shape index (κ3) is 4.34. The van der Waals surface area contributed by atoms with Crippen LogP contribution in [0.4, 0.5) is 0 Å². The van der Waals surface area contributed by atoms with E-state index in [2.05, 4.69) is 5.32 Å². The molecular weight excluding hydrogens is 228 g/mol. The lowest BCUT2D eigenvalue weighted by molar-refractivity contribution is -0.118. The van der Waals surface area contributed by atoms with Crippen LogP contribution >= 0.6 is 34.2 Å². The van der Waals surface area contributed by atoms with E-state index >= 15 is 0 Å². The minimum atomic E-state index is -0.115. The smallest absolute Gasteiger partial charge is 0.235 e. The van der Waals surface area contributed by atoms with Crippen molar-refractivity contribution in [2.75, 3.05) is 10.4 Å². The lowest BCUT2D eigenvalue weighted by atomic mass is 10.7. The van der Waals surface area contributed by atoms with Gasteiger partial charge in [0.25, 0.3) is 0 Å². The SMILES string of the molecule is O=C(CCl)NCI. The minimum Gasteiger partial charge on any atom is -0.346 e. The molecule has 0 aliphatic rings. The zero-order valence-corrected chi connectivity index (χ0v) is 6.49. The molecule has 0 spiro atoms. The van der Waals surface area contributed by atoms with Gasteiger partial charge in [0.2, 0.25) is 5.91 Å². The molecule has 7 heavy (non-hydrogen) atoms. The number of amides is 1. The van der Waals surface area contributed by atoms with Crippen molar-refractivity contribution in [3.8, 4) is 0 Å². The van der Waals surface area contributed by atoms with Gasteiger partial charge in [0.05, 0.1) is 4.55 Å². The first kappa shape index (κ1) is 7.49. The van der Waals surface area contributed by atoms with Crippen LogP contribution in [0.5, 0.6) is 0 Å². The predicted molar refractivity (Wildman–Crippen MR) is 37.7 cm³/mol. The molecule has 0 aromatic carbocycles. The standard InChI is InChI=1S/C3H5ClINO/c4-1-3(7)6-2-5/h1-2H2,(H,6,7). The summed E-state index contributed by atoms with van der Waals surface area (Å²) >= 11 is 7.15. The molecule has 0 aliphatic carbocycles. The van der Waals surface area contributed by atoms with Crippen molar-refractivity contribution in [1.29, 1.82) is 0 Å². The Morgan fingerprint density at radius 2 is 2.43 bits per heavy atom. The van der Waals surface area contributed by atoms with Gasteiger partial charge in [-0.05, 0) is 0 Å². The molecule has 0 atom stereocenters. The number of halogens is 2. The van der Waals surface area contributed by atoms with Crippen LogP contribution in [-0.2, 0) is 4.79 Å². The first-order chi connectivity index (χ1) is 3.31. The predicted octanol–water partition coefficient (Wildman–Crippen LogP) is 0.734. The summed E-state index contributed by atoms with van der Waals surface area (Å²) in [7, 11) is 0. The molecule has 0 heterocycles. The summed E-state index contributed by atoms with van der Waals surface area (Å²) in [5.41, 5.74) is 0. The maximum Gasteiger partial charge on any atom is 0.235 e. The van der Waals surface area contributed by atoms with Gasteiger partial charge in [-0.1, -0.05) is 22.6 Å². The summed E-state index contributed by atoms with van der Waals surface area (Å²) in [5, 5.41) is 2.51. The monoisotopic (exact) mass is 233 g/mol. The van der Waals surface area contributed by atoms with Crippen molar-refractivity contribution in [2.45, 2.75) is 0 Å². The molecule has 1 N–H and O–H groups in total. The van der Waals surface area contributed by atoms with Crippen LogP contribution in [0.1, 0.15) is 0 Å². The highest BCUT2D eigenvalue weighted by atomic mass is 127. The molecule has 0 rings (SSSR count). The van der Waals surface area contributed by atoms with Crippen molar-refractivity contribution >= 4 is 40.1 Å². The third-order valence-electron chi connectivity index (χ3n) is 0.385. The van der Waals surface area contributed by atoms with Gasteiger partial charge in [0.15, 0.2) is 0 Å². The highest BCUT2D eigenvalue weighted by molar-refractivity contribution is 14.1. The second-order valence-corrected chi connectivity index (χ2v) is 1.90. The van der Waals surface area contributed by atoms with Crippen LogP contribution < -0.4 is 5.32 Å². The molecule has 0 bridgehead atoms. The van der Waals surface area contributed by atoms with Gasteiger partial charge in [0, 0.05) is 0 Å². The van der Waals surface area contributed by atoms with E-state index in [1.54, 1.807) is 0 Å². The Balaban J connectivity index is 3.00. The molecule has 0 fully saturated rings. The van der Waals surface area contributed by atoms with Gasteiger partial charge in [-0.3, -0.25) is 4.79 Å². The Hall–Kier alpha value is 0.490. The molecular formula is C3H5ClINO. The van der Waals surface area contributed by atoms with E-state index in [1.165, 1.54) is 0 Å². The normalized spacial score (nSPS) is 8.29. The fourth-order valence-corrected chi connectivity index (χ4v) is 0.642. The van der Waals surface area contributed by atoms with Crippen molar-refractivity contribution in [3.63, 3.8) is 0 Å². The average molecular weight is 233 g/mol. The largest absolute Gasteiger partial charge is 0.346 e. The van der Waals surface area contributed by atoms with Crippen LogP contribution in [0.3, 0.4) is 0 Å². The maximum absolute atomic E-state index is 10.2. The summed E-state index contributed by atoms with van der Waals surface area (Å²) in [6, 6.07) is 0. The summed E-state index contributed by atoms with van der Waals surface area (Å²) in [6.45, 7) is 0. The van der Waals surface area contributed by atoms with Gasteiger partial charge in [0.1, 0.15) is 5.88 Å². The van der Waals surface area contributed by atoms with Crippen molar-refractivity contribution < 1.29 is 4.79 Å². The van der Waals surface area contributed by atoms with E-state index in [9.17, 15) is 4.79 Å². The van der Waals surface area contributed by atoms with Gasteiger partial charge >= 0.3 is 0 Å². The van der Waals surface area contributed by atoms with E-state index in [1.807, 2.05) is 22.6 Å². The fourth-order valence-electron chi connectivity index (χ4n) is 0.122. The topological polar surface area (TPSA) is 29.1 Å². The first-order valence-corrected chi connectivity index (χ1v) is 3.76. The van der Waals surface area contributed by atoms with Crippen LogP contribution in [-0.4, -0.2) is 16.3 Å². The van der Waals surface area contributed by atoms with Crippen molar-refractivity contribution in [1.82, 2.24) is 5.32 Å². The van der Waals surface area contributed by atoms with Crippen molar-refractivity contribution in [2.24, 2.45) is 0 Å². The molecule has 0 unspecified atom stereocenters. The highest BCUT2D eigenvalue weighted by Crippen LogP contribution is 1.76. The third-order valence-corrected chi connectivity index (χ3v) is 1.01. The molecule has 0 saturated heterocycles. The molecule has 0 aliphatic heterocycles. The van der Waals surface area contributed by atoms with Crippen LogP contribution in [0, 0.1) is 0 Å². The zero-order valence-electron chi connectivity index (χ0n) is 3.58. The van der Waals surface area contributed by atoms with E-state index in [-0.39, 0.29) is 11.8 Å². The van der Waals surface area contributed by atoms with Gasteiger partial charge < -0.3 is 5.32 Å². The summed E-state index contributed by atoms with van der Waals surface area (Å²) < 4.78 is 0.628. The number of nitrogens with one attached hydrogen (secondary N) is 1. The number of hydrogen-bond donors (Lipinski definition) is 1. The Kier molecular flexibility index (Phi) is 4.97. The van der Waals surface area contributed by atoms with Crippen LogP contribution in [0.2, 0.25) is 0 Å². The molecule has 0 aromatic rings. The summed E-state index contributed by atoms with van der Waals surface area (Å²) in [5.74, 6) is -0.0562. The summed E-state index contributed by atoms with van der Waals surface area (Å²) in [4.78, 5) is 10.2. The Labute approximate surface area is 60.7 Å². The number of carbonyl (C=O) groups is 1. The van der Waals surface area contributed by atoms with E-state index in [0.717, 1.165) is 0 Å². The quantitative estimate of drug-likeness (QED) is 0.425. The number of rotatable bonds is 2. The second-order valence-electron chi connectivity index (χ2n) is 0.867. The maximum atomic E-state index is 10.2. The number of carbonyl (C=O) groups excluding carboxylic acids is 1. The average Bonchev–Trinajstić information content (AvgIpc) is 1.68. The molecule has 42 valence electrons. The van der Waals surface area contributed by atoms with Crippen LogP contribution in [0.15, 0.2) is 0 Å². The Morgan fingerprint density at radius 1 is 1.86 bits per heavy atom. The molecule has 1 amide bonds. The van der Waals surface area contributed by atoms with Gasteiger partial charge in [-0.2, -0.15) is 0 Å². The van der Waals surface area contributed by atoms with Crippen molar-refractivity contribution in [3.05, 3.63) is 0 Å². The number of alkyl halides is 2. The Morgan fingerprint density at radius 3 is 2.57 bits per heavy atom. The van der Waals surface area contributed by atoms with Gasteiger partial charge in [-0.25, -0.2) is 0 Å². The fraction of sp³-hybridized carbons (Fsp3) is 0.667. The van der Waals surface area contributed by atoms with Crippen LogP contribution in [0.25, 0.3) is 0 Å². The summed E-state index contributed by atoms with van der Waals surface area (Å²) in [6.07, 6.45) is 0. The molecule has 0 saturated carbocycles. The number of hydrogen-bond acceptors (Lipinski definition) is 1. The zero-order chi connectivity index (χ0) is 5.70. The minimum absolute atomic E-state index is 0.0585. The lowest BCUT2D eigenvalue weighted by Crippen LogP contribution is -2.21. The van der Waals surface area contributed by atoms with E-state index < -0.39 is 0 Å². The van der Waals surface area contributed by atoms with E-state index in [0.29, 0.717) is 4.55 Å². The molecule has 0 aromatic heterocycles. The molecule has 4 heteroatoms. The molecule has 2 nitrogen and oxygen atoms in total. The van der Waals surface area contributed by atoms with E-state index in [4.69, 9.17) is 11.6 Å². The Bertz CT molecular complexity index is 68.0. The second kappa shape index (κ2) is 4.64.